The molecular weight excluding hydrogens is 306 g/mol. The molecule has 0 fully saturated rings. The molecule has 0 aliphatic carbocycles. The van der Waals surface area contributed by atoms with Gasteiger partial charge < -0.3 is 9.84 Å². The Kier molecular flexibility index (Phi) is 4.38. The quantitative estimate of drug-likeness (QED) is 0.799. The molecule has 0 atom stereocenters. The Balaban J connectivity index is 2.11. The maximum atomic E-state index is 13.0. The second kappa shape index (κ2) is 6.78. The van der Waals surface area contributed by atoms with E-state index < -0.39 is 5.91 Å². The molecule has 6 heteroatoms. The predicted molar refractivity (Wildman–Crippen MR) is 89.6 cm³/mol. The van der Waals surface area contributed by atoms with Crippen molar-refractivity contribution in [1.29, 1.82) is 0 Å². The smallest absolute Gasteiger partial charge is 0.286 e. The summed E-state index contributed by atoms with van der Waals surface area (Å²) in [5, 5.41) is 10.2. The van der Waals surface area contributed by atoms with E-state index in [1.165, 1.54) is 24.3 Å². The first-order chi connectivity index (χ1) is 11.7. The minimum absolute atomic E-state index is 0.108. The van der Waals surface area contributed by atoms with Crippen molar-refractivity contribution in [2.75, 3.05) is 12.0 Å². The van der Waals surface area contributed by atoms with Crippen LogP contribution in [0.15, 0.2) is 67.0 Å². The molecule has 1 amide bonds. The number of carbonyl (C=O) groups is 1. The van der Waals surface area contributed by atoms with Crippen molar-refractivity contribution in [3.63, 3.8) is 0 Å². The van der Waals surface area contributed by atoms with Crippen LogP contribution in [0.25, 0.3) is 0 Å². The van der Waals surface area contributed by atoms with Crippen molar-refractivity contribution in [3.05, 3.63) is 72.7 Å². The normalized spacial score (nSPS) is 10.2. The highest BCUT2D eigenvalue weighted by atomic mass is 16.5. The summed E-state index contributed by atoms with van der Waals surface area (Å²) < 4.78 is 5.05. The monoisotopic (exact) mass is 321 g/mol. The minimum atomic E-state index is -0.503. The highest BCUT2D eigenvalue weighted by molar-refractivity contribution is 6.10. The number of aromatic hydroxyl groups is 1. The highest BCUT2D eigenvalue weighted by Crippen LogP contribution is 2.32. The lowest BCUT2D eigenvalue weighted by atomic mass is 10.2. The molecule has 3 aromatic rings. The van der Waals surface area contributed by atoms with E-state index in [0.717, 1.165) is 0 Å². The van der Waals surface area contributed by atoms with Gasteiger partial charge in [-0.1, -0.05) is 24.3 Å². The Morgan fingerprint density at radius 2 is 1.75 bits per heavy atom. The summed E-state index contributed by atoms with van der Waals surface area (Å²) in [4.78, 5) is 22.7. The Morgan fingerprint density at radius 3 is 2.42 bits per heavy atom. The Labute approximate surface area is 139 Å². The van der Waals surface area contributed by atoms with Gasteiger partial charge in [-0.15, -0.1) is 0 Å². The summed E-state index contributed by atoms with van der Waals surface area (Å²) in [5.41, 5.74) is 0.508. The van der Waals surface area contributed by atoms with Gasteiger partial charge in [-0.05, 0) is 24.3 Å². The number of rotatable bonds is 4. The van der Waals surface area contributed by atoms with Crippen LogP contribution in [0.5, 0.6) is 11.5 Å². The number of amides is 1. The maximum Gasteiger partial charge on any atom is 0.286 e. The molecule has 0 aliphatic rings. The van der Waals surface area contributed by atoms with Gasteiger partial charge in [-0.3, -0.25) is 9.69 Å². The van der Waals surface area contributed by atoms with Crippen LogP contribution < -0.4 is 9.64 Å². The summed E-state index contributed by atoms with van der Waals surface area (Å²) in [7, 11) is 1.41. The number of aromatic nitrogens is 2. The number of anilines is 2. The van der Waals surface area contributed by atoms with Gasteiger partial charge in [0.1, 0.15) is 5.82 Å². The van der Waals surface area contributed by atoms with Crippen LogP contribution in [-0.2, 0) is 0 Å². The van der Waals surface area contributed by atoms with Crippen molar-refractivity contribution < 1.29 is 14.6 Å². The van der Waals surface area contributed by atoms with E-state index in [1.807, 2.05) is 18.2 Å². The first-order valence-electron chi connectivity index (χ1n) is 7.25. The number of ether oxygens (including phenoxy) is 1. The number of methoxy groups -OCH3 is 1. The van der Waals surface area contributed by atoms with Crippen LogP contribution in [0.2, 0.25) is 0 Å². The number of carbonyl (C=O) groups excluding carboxylic acids is 1. The van der Waals surface area contributed by atoms with Crippen LogP contribution in [0.1, 0.15) is 10.5 Å². The number of nitrogens with zero attached hydrogens (tertiary/aromatic N) is 3. The third-order valence-corrected chi connectivity index (χ3v) is 3.41. The van der Waals surface area contributed by atoms with Crippen LogP contribution in [0.3, 0.4) is 0 Å². The van der Waals surface area contributed by atoms with Gasteiger partial charge in [-0.2, -0.15) is 0 Å². The zero-order chi connectivity index (χ0) is 16.9. The van der Waals surface area contributed by atoms with Crippen LogP contribution >= 0.6 is 0 Å². The standard InChI is InChI=1S/C18H15N3O3/c1-24-14-10-12-20-16(17(14)22)18(23)21(13-7-3-2-4-8-13)15-9-5-6-11-19-15/h2-12,22H,1H3. The molecular formula is C18H15N3O3. The molecule has 1 aromatic carbocycles. The SMILES string of the molecule is COc1ccnc(C(=O)N(c2ccccc2)c2ccccn2)c1O. The van der Waals surface area contributed by atoms with Gasteiger partial charge in [0.2, 0.25) is 0 Å². The Bertz CT molecular complexity index is 799. The molecule has 0 radical (unpaired) electrons. The van der Waals surface area contributed by atoms with Gasteiger partial charge >= 0.3 is 0 Å². The average Bonchev–Trinajstić information content (AvgIpc) is 2.64. The van der Waals surface area contributed by atoms with Crippen LogP contribution in [0.4, 0.5) is 11.5 Å². The number of para-hydroxylation sites is 1. The second-order valence-electron chi connectivity index (χ2n) is 4.87. The van der Waals surface area contributed by atoms with Crippen molar-refractivity contribution in [1.82, 2.24) is 9.97 Å². The van der Waals surface area contributed by atoms with Gasteiger partial charge in [-0.25, -0.2) is 9.97 Å². The molecule has 120 valence electrons. The topological polar surface area (TPSA) is 75.5 Å². The first-order valence-corrected chi connectivity index (χ1v) is 7.25. The fraction of sp³-hybridized carbons (Fsp3) is 0.0556. The Morgan fingerprint density at radius 1 is 1.00 bits per heavy atom. The highest BCUT2D eigenvalue weighted by Gasteiger charge is 2.26. The third-order valence-electron chi connectivity index (χ3n) is 3.41. The van der Waals surface area contributed by atoms with Gasteiger partial charge in [0.15, 0.2) is 17.2 Å². The lowest BCUT2D eigenvalue weighted by Gasteiger charge is -2.22. The molecule has 0 unspecified atom stereocenters. The van der Waals surface area contributed by atoms with Crippen molar-refractivity contribution in [3.8, 4) is 11.5 Å². The van der Waals surface area contributed by atoms with E-state index in [9.17, 15) is 9.90 Å². The zero-order valence-corrected chi connectivity index (χ0v) is 13.0. The minimum Gasteiger partial charge on any atom is -0.503 e. The summed E-state index contributed by atoms with van der Waals surface area (Å²) in [5.74, 6) is -0.196. The Hall–Kier alpha value is -3.41. The summed E-state index contributed by atoms with van der Waals surface area (Å²) in [6.45, 7) is 0. The molecule has 0 saturated heterocycles. The van der Waals surface area contributed by atoms with E-state index in [4.69, 9.17) is 4.74 Å². The van der Waals surface area contributed by atoms with E-state index in [2.05, 4.69) is 9.97 Å². The molecule has 2 heterocycles. The predicted octanol–water partition coefficient (Wildman–Crippen LogP) is 3.17. The van der Waals surface area contributed by atoms with E-state index in [-0.39, 0.29) is 17.2 Å². The third kappa shape index (κ3) is 2.89. The number of benzene rings is 1. The lowest BCUT2D eigenvalue weighted by Crippen LogP contribution is -2.27. The molecule has 3 rings (SSSR count). The molecule has 24 heavy (non-hydrogen) atoms. The van der Waals surface area contributed by atoms with Crippen molar-refractivity contribution in [2.45, 2.75) is 0 Å². The van der Waals surface area contributed by atoms with Crippen molar-refractivity contribution in [2.24, 2.45) is 0 Å². The fourth-order valence-electron chi connectivity index (χ4n) is 2.28. The van der Waals surface area contributed by atoms with Crippen molar-refractivity contribution >= 4 is 17.4 Å². The molecule has 0 bridgehead atoms. The van der Waals surface area contributed by atoms with Gasteiger partial charge in [0, 0.05) is 18.5 Å². The largest absolute Gasteiger partial charge is 0.503 e. The van der Waals surface area contributed by atoms with Crippen LogP contribution in [-0.4, -0.2) is 28.1 Å². The molecule has 0 spiro atoms. The lowest BCUT2D eigenvalue weighted by molar-refractivity contribution is 0.0990. The maximum absolute atomic E-state index is 13.0. The number of hydrogen-bond donors (Lipinski definition) is 1. The molecule has 2 aromatic heterocycles. The van der Waals surface area contributed by atoms with E-state index in [1.54, 1.807) is 36.5 Å². The van der Waals surface area contributed by atoms with E-state index in [0.29, 0.717) is 11.5 Å². The zero-order valence-electron chi connectivity index (χ0n) is 13.0. The second-order valence-corrected chi connectivity index (χ2v) is 4.87. The molecule has 0 saturated carbocycles. The molecule has 1 N–H and O–H groups in total. The number of hydrogen-bond acceptors (Lipinski definition) is 5. The molecule has 6 nitrogen and oxygen atoms in total. The van der Waals surface area contributed by atoms with Gasteiger partial charge in [0.25, 0.3) is 5.91 Å². The summed E-state index contributed by atoms with van der Waals surface area (Å²) in [6.07, 6.45) is 3.00. The summed E-state index contributed by atoms with van der Waals surface area (Å²) >= 11 is 0. The van der Waals surface area contributed by atoms with E-state index >= 15 is 0 Å². The fourth-order valence-corrected chi connectivity index (χ4v) is 2.28. The molecule has 0 aliphatic heterocycles. The summed E-state index contributed by atoms with van der Waals surface area (Å²) in [6, 6.07) is 15.8. The van der Waals surface area contributed by atoms with Crippen LogP contribution in [0, 0.1) is 0 Å². The first kappa shape index (κ1) is 15.5. The number of pyridine rings is 2. The van der Waals surface area contributed by atoms with Gasteiger partial charge in [0.05, 0.1) is 12.8 Å². The average molecular weight is 321 g/mol.